The van der Waals surface area contributed by atoms with Crippen LogP contribution < -0.4 is 0 Å². The highest BCUT2D eigenvalue weighted by Gasteiger charge is 2.33. The highest BCUT2D eigenvalue weighted by Crippen LogP contribution is 2.29. The van der Waals surface area contributed by atoms with E-state index in [1.54, 1.807) is 0 Å². The lowest BCUT2D eigenvalue weighted by molar-refractivity contribution is -0.139. The number of hydrogen-bond donors (Lipinski definition) is 1. The zero-order valence-corrected chi connectivity index (χ0v) is 12.1. The van der Waals surface area contributed by atoms with Gasteiger partial charge in [0, 0.05) is 25.4 Å². The maximum absolute atomic E-state index is 12.6. The van der Waals surface area contributed by atoms with E-state index in [0.717, 1.165) is 32.2 Å². The van der Waals surface area contributed by atoms with Crippen LogP contribution in [0.3, 0.4) is 0 Å². The van der Waals surface area contributed by atoms with Crippen LogP contribution in [0.4, 0.5) is 0 Å². The third-order valence-corrected chi connectivity index (χ3v) is 4.76. The van der Waals surface area contributed by atoms with Gasteiger partial charge in [-0.1, -0.05) is 24.3 Å². The van der Waals surface area contributed by atoms with E-state index in [0.29, 0.717) is 6.54 Å². The molecule has 2 unspecified atom stereocenters. The molecule has 1 fully saturated rings. The average Bonchev–Trinajstić information content (AvgIpc) is 2.93. The second-order valence-corrected chi connectivity index (χ2v) is 6.25. The summed E-state index contributed by atoms with van der Waals surface area (Å²) in [5.74, 6) is -0.343. The summed E-state index contributed by atoms with van der Waals surface area (Å²) in [6, 6.07) is 8.35. The number of fused-ring (bicyclic) bond motifs is 1. The zero-order chi connectivity index (χ0) is 14.8. The molecule has 1 saturated heterocycles. The number of rotatable bonds is 3. The fourth-order valence-electron chi connectivity index (χ4n) is 3.61. The van der Waals surface area contributed by atoms with Crippen molar-refractivity contribution in [2.75, 3.05) is 13.1 Å². The molecule has 1 aromatic carbocycles. The van der Waals surface area contributed by atoms with Gasteiger partial charge in [-0.2, -0.15) is 0 Å². The van der Waals surface area contributed by atoms with Crippen LogP contribution in [0.1, 0.15) is 30.4 Å². The fourth-order valence-corrected chi connectivity index (χ4v) is 3.61. The van der Waals surface area contributed by atoms with Crippen molar-refractivity contribution in [2.45, 2.75) is 32.1 Å². The number of likely N-dealkylation sites (tertiary alicyclic amines) is 1. The fraction of sp³-hybridized carbons (Fsp3) is 0.529. The van der Waals surface area contributed by atoms with E-state index in [1.807, 2.05) is 11.0 Å². The molecule has 112 valence electrons. The van der Waals surface area contributed by atoms with Crippen LogP contribution in [0.15, 0.2) is 24.3 Å². The molecule has 0 radical (unpaired) electrons. The Morgan fingerprint density at radius 2 is 1.95 bits per heavy atom. The summed E-state index contributed by atoms with van der Waals surface area (Å²) in [5.41, 5.74) is 2.66. The van der Waals surface area contributed by atoms with E-state index >= 15 is 0 Å². The summed E-state index contributed by atoms with van der Waals surface area (Å²) in [6.07, 6.45) is 3.71. The first-order chi connectivity index (χ1) is 10.1. The van der Waals surface area contributed by atoms with Crippen molar-refractivity contribution in [2.24, 2.45) is 11.8 Å². The Bertz CT molecular complexity index is 555. The molecule has 0 spiro atoms. The Balaban J connectivity index is 1.61. The molecule has 1 heterocycles. The van der Waals surface area contributed by atoms with Crippen LogP contribution in [-0.4, -0.2) is 35.0 Å². The molecule has 0 aromatic heterocycles. The summed E-state index contributed by atoms with van der Waals surface area (Å²) < 4.78 is 0. The van der Waals surface area contributed by atoms with Gasteiger partial charge in [0.25, 0.3) is 0 Å². The number of aliphatic carboxylic acids is 1. The standard InChI is InChI=1S/C17H21NO3/c19-16(20)9-12-7-8-18(11-12)17(21)15-6-5-13-3-1-2-4-14(13)10-15/h1-4,12,15H,5-11H2,(H,19,20). The summed E-state index contributed by atoms with van der Waals surface area (Å²) >= 11 is 0. The molecule has 1 aliphatic carbocycles. The van der Waals surface area contributed by atoms with E-state index in [1.165, 1.54) is 11.1 Å². The van der Waals surface area contributed by atoms with Gasteiger partial charge < -0.3 is 10.0 Å². The number of carboxylic acid groups (broad SMARTS) is 1. The summed E-state index contributed by atoms with van der Waals surface area (Å²) in [4.78, 5) is 25.3. The molecule has 21 heavy (non-hydrogen) atoms. The molecule has 3 rings (SSSR count). The molecule has 4 heteroatoms. The molecular formula is C17H21NO3. The minimum Gasteiger partial charge on any atom is -0.481 e. The molecule has 2 atom stereocenters. The summed E-state index contributed by atoms with van der Waals surface area (Å²) in [6.45, 7) is 1.33. The monoisotopic (exact) mass is 287 g/mol. The maximum atomic E-state index is 12.6. The Labute approximate surface area is 124 Å². The van der Waals surface area contributed by atoms with Crippen molar-refractivity contribution < 1.29 is 14.7 Å². The van der Waals surface area contributed by atoms with Gasteiger partial charge in [0.05, 0.1) is 0 Å². The quantitative estimate of drug-likeness (QED) is 0.926. The summed E-state index contributed by atoms with van der Waals surface area (Å²) in [5, 5.41) is 8.85. The van der Waals surface area contributed by atoms with Crippen molar-refractivity contribution in [1.82, 2.24) is 4.90 Å². The smallest absolute Gasteiger partial charge is 0.303 e. The molecule has 0 saturated carbocycles. The van der Waals surface area contributed by atoms with Crippen LogP contribution in [0.2, 0.25) is 0 Å². The Kier molecular flexibility index (Phi) is 3.95. The van der Waals surface area contributed by atoms with Crippen LogP contribution in [0.25, 0.3) is 0 Å². The minimum atomic E-state index is -0.763. The maximum Gasteiger partial charge on any atom is 0.303 e. The lowest BCUT2D eigenvalue weighted by Crippen LogP contribution is -2.37. The first kappa shape index (κ1) is 14.1. The minimum absolute atomic E-state index is 0.0727. The van der Waals surface area contributed by atoms with Crippen molar-refractivity contribution in [3.05, 3.63) is 35.4 Å². The van der Waals surface area contributed by atoms with Gasteiger partial charge in [-0.25, -0.2) is 0 Å². The van der Waals surface area contributed by atoms with E-state index < -0.39 is 5.97 Å². The number of carboxylic acids is 1. The SMILES string of the molecule is O=C(O)CC1CCN(C(=O)C2CCc3ccccc3C2)C1. The zero-order valence-electron chi connectivity index (χ0n) is 12.1. The van der Waals surface area contributed by atoms with Gasteiger partial charge in [-0.15, -0.1) is 0 Å². The molecule has 1 aromatic rings. The number of amides is 1. The van der Waals surface area contributed by atoms with E-state index in [9.17, 15) is 9.59 Å². The molecule has 1 N–H and O–H groups in total. The van der Waals surface area contributed by atoms with Gasteiger partial charge in [-0.3, -0.25) is 9.59 Å². The van der Waals surface area contributed by atoms with Crippen molar-refractivity contribution in [3.63, 3.8) is 0 Å². The Morgan fingerprint density at radius 3 is 2.71 bits per heavy atom. The van der Waals surface area contributed by atoms with Gasteiger partial charge in [0.1, 0.15) is 0 Å². The molecule has 0 bridgehead atoms. The predicted octanol–water partition coefficient (Wildman–Crippen LogP) is 2.11. The predicted molar refractivity (Wildman–Crippen MR) is 78.9 cm³/mol. The van der Waals surface area contributed by atoms with E-state index in [4.69, 9.17) is 5.11 Å². The van der Waals surface area contributed by atoms with Crippen molar-refractivity contribution >= 4 is 11.9 Å². The molecule has 4 nitrogen and oxygen atoms in total. The van der Waals surface area contributed by atoms with Crippen LogP contribution in [0.5, 0.6) is 0 Å². The lowest BCUT2D eigenvalue weighted by atomic mass is 9.83. The van der Waals surface area contributed by atoms with Gasteiger partial charge in [0.15, 0.2) is 0 Å². The second-order valence-electron chi connectivity index (χ2n) is 6.25. The number of hydrogen-bond acceptors (Lipinski definition) is 2. The van der Waals surface area contributed by atoms with Crippen molar-refractivity contribution in [1.29, 1.82) is 0 Å². The number of benzene rings is 1. The highest BCUT2D eigenvalue weighted by molar-refractivity contribution is 5.80. The van der Waals surface area contributed by atoms with Crippen LogP contribution in [0, 0.1) is 11.8 Å². The summed E-state index contributed by atoms with van der Waals surface area (Å²) in [7, 11) is 0. The molecule has 1 amide bonds. The first-order valence-electron chi connectivity index (χ1n) is 7.71. The number of carbonyl (C=O) groups excluding carboxylic acids is 1. The average molecular weight is 287 g/mol. The number of carbonyl (C=O) groups is 2. The second kappa shape index (κ2) is 5.88. The van der Waals surface area contributed by atoms with Crippen molar-refractivity contribution in [3.8, 4) is 0 Å². The molecular weight excluding hydrogens is 266 g/mol. The number of aryl methyl sites for hydroxylation is 1. The Hall–Kier alpha value is -1.84. The number of nitrogens with zero attached hydrogens (tertiary/aromatic N) is 1. The van der Waals surface area contributed by atoms with E-state index in [-0.39, 0.29) is 24.2 Å². The third-order valence-electron chi connectivity index (χ3n) is 4.76. The molecule has 2 aliphatic rings. The normalized spacial score (nSPS) is 24.7. The largest absolute Gasteiger partial charge is 0.481 e. The lowest BCUT2D eigenvalue weighted by Gasteiger charge is -2.28. The first-order valence-corrected chi connectivity index (χ1v) is 7.71. The van der Waals surface area contributed by atoms with Gasteiger partial charge in [0.2, 0.25) is 5.91 Å². The van der Waals surface area contributed by atoms with Gasteiger partial charge in [-0.05, 0) is 42.7 Å². The highest BCUT2D eigenvalue weighted by atomic mass is 16.4. The van der Waals surface area contributed by atoms with Crippen LogP contribution in [-0.2, 0) is 22.4 Å². The van der Waals surface area contributed by atoms with E-state index in [2.05, 4.69) is 18.2 Å². The third kappa shape index (κ3) is 3.09. The van der Waals surface area contributed by atoms with Gasteiger partial charge >= 0.3 is 5.97 Å². The topological polar surface area (TPSA) is 57.6 Å². The Morgan fingerprint density at radius 1 is 1.19 bits per heavy atom. The van der Waals surface area contributed by atoms with Crippen LogP contribution >= 0.6 is 0 Å². The molecule has 1 aliphatic heterocycles.